The lowest BCUT2D eigenvalue weighted by atomic mass is 10.2. The molecule has 0 saturated heterocycles. The Balaban J connectivity index is 1.68. The van der Waals surface area contributed by atoms with Crippen molar-refractivity contribution in [2.75, 3.05) is 17.1 Å². The molecule has 3 rings (SSSR count). The maximum Gasteiger partial charge on any atom is 0.337 e. The van der Waals surface area contributed by atoms with Crippen LogP contribution in [-0.4, -0.2) is 31.7 Å². The van der Waals surface area contributed by atoms with E-state index in [1.165, 1.54) is 25.3 Å². The van der Waals surface area contributed by atoms with Crippen molar-refractivity contribution in [3.05, 3.63) is 71.8 Å². The van der Waals surface area contributed by atoms with E-state index >= 15 is 0 Å². The summed E-state index contributed by atoms with van der Waals surface area (Å²) in [5.41, 5.74) is 2.09. The molecule has 0 aliphatic heterocycles. The summed E-state index contributed by atoms with van der Waals surface area (Å²) in [5.74, 6) is 0.104. The topological polar surface area (TPSA) is 110 Å². The van der Waals surface area contributed by atoms with Gasteiger partial charge >= 0.3 is 5.97 Å². The van der Waals surface area contributed by atoms with Crippen LogP contribution in [0.3, 0.4) is 0 Å². The highest BCUT2D eigenvalue weighted by Gasteiger charge is 2.14. The van der Waals surface area contributed by atoms with Crippen molar-refractivity contribution in [3.63, 3.8) is 0 Å². The van der Waals surface area contributed by atoms with Crippen LogP contribution in [0, 0.1) is 6.92 Å². The zero-order valence-corrected chi connectivity index (χ0v) is 16.0. The molecule has 0 atom stereocenters. The zero-order valence-electron chi connectivity index (χ0n) is 15.2. The first kappa shape index (κ1) is 19.3. The molecule has 0 unspecified atom stereocenters. The van der Waals surface area contributed by atoms with E-state index in [0.29, 0.717) is 17.1 Å². The van der Waals surface area contributed by atoms with Gasteiger partial charge in [0, 0.05) is 5.69 Å². The van der Waals surface area contributed by atoms with Gasteiger partial charge in [-0.05, 0) is 55.5 Å². The average molecular weight is 398 g/mol. The van der Waals surface area contributed by atoms with Crippen LogP contribution in [0.25, 0.3) is 0 Å². The van der Waals surface area contributed by atoms with E-state index in [4.69, 9.17) is 0 Å². The molecule has 0 radical (unpaired) electrons. The Labute approximate surface area is 162 Å². The molecule has 0 aliphatic rings. The van der Waals surface area contributed by atoms with Gasteiger partial charge in [0.2, 0.25) is 0 Å². The molecular weight excluding hydrogens is 380 g/mol. The number of nitrogens with one attached hydrogen (secondary N) is 2. The van der Waals surface area contributed by atoms with Crippen molar-refractivity contribution in [3.8, 4) is 0 Å². The minimum absolute atomic E-state index is 0.104. The van der Waals surface area contributed by atoms with Gasteiger partial charge in [-0.1, -0.05) is 17.7 Å². The molecule has 1 heterocycles. The highest BCUT2D eigenvalue weighted by atomic mass is 32.2. The second kappa shape index (κ2) is 8.05. The van der Waals surface area contributed by atoms with Gasteiger partial charge in [0.25, 0.3) is 10.0 Å². The van der Waals surface area contributed by atoms with Gasteiger partial charge in [-0.25, -0.2) is 13.2 Å². The summed E-state index contributed by atoms with van der Waals surface area (Å²) >= 11 is 0. The first-order valence-corrected chi connectivity index (χ1v) is 9.74. The van der Waals surface area contributed by atoms with Gasteiger partial charge in [-0.2, -0.15) is 0 Å². The summed E-state index contributed by atoms with van der Waals surface area (Å²) in [5, 5.41) is 10.9. The van der Waals surface area contributed by atoms with E-state index in [1.807, 2.05) is 6.92 Å². The second-order valence-corrected chi connectivity index (χ2v) is 7.60. The predicted octanol–water partition coefficient (Wildman–Crippen LogP) is 3.12. The molecule has 1 aromatic heterocycles. The number of hydrogen-bond acceptors (Lipinski definition) is 7. The van der Waals surface area contributed by atoms with Crippen molar-refractivity contribution >= 4 is 33.3 Å². The SMILES string of the molecule is COC(=O)c1ccc(Nc2ccc(NS(=O)(=O)c3ccc(C)cc3)nn2)cc1. The summed E-state index contributed by atoms with van der Waals surface area (Å²) in [6.45, 7) is 1.88. The number of ether oxygens (including phenoxy) is 1. The number of benzene rings is 2. The first-order valence-electron chi connectivity index (χ1n) is 8.26. The maximum atomic E-state index is 12.4. The number of esters is 1. The van der Waals surface area contributed by atoms with Crippen LogP contribution < -0.4 is 10.0 Å². The minimum atomic E-state index is -3.73. The van der Waals surface area contributed by atoms with E-state index in [9.17, 15) is 13.2 Å². The number of aryl methyl sites for hydroxylation is 1. The molecule has 28 heavy (non-hydrogen) atoms. The number of sulfonamides is 1. The smallest absolute Gasteiger partial charge is 0.337 e. The third kappa shape index (κ3) is 4.63. The van der Waals surface area contributed by atoms with Crippen molar-refractivity contribution in [1.29, 1.82) is 0 Å². The second-order valence-electron chi connectivity index (χ2n) is 5.92. The Morgan fingerprint density at radius 1 is 0.893 bits per heavy atom. The van der Waals surface area contributed by atoms with E-state index < -0.39 is 16.0 Å². The van der Waals surface area contributed by atoms with Crippen LogP contribution in [-0.2, 0) is 14.8 Å². The van der Waals surface area contributed by atoms with Gasteiger partial charge < -0.3 is 10.1 Å². The lowest BCUT2D eigenvalue weighted by Gasteiger charge is -2.09. The Kier molecular flexibility index (Phi) is 5.55. The van der Waals surface area contributed by atoms with Crippen molar-refractivity contribution in [1.82, 2.24) is 10.2 Å². The summed E-state index contributed by atoms with van der Waals surface area (Å²) in [6.07, 6.45) is 0. The van der Waals surface area contributed by atoms with E-state index in [2.05, 4.69) is 25.0 Å². The fourth-order valence-electron chi connectivity index (χ4n) is 2.32. The van der Waals surface area contributed by atoms with Crippen LogP contribution in [0.2, 0.25) is 0 Å². The molecule has 0 spiro atoms. The van der Waals surface area contributed by atoms with Crippen LogP contribution in [0.5, 0.6) is 0 Å². The Morgan fingerprint density at radius 3 is 2.07 bits per heavy atom. The number of carbonyl (C=O) groups excluding carboxylic acids is 1. The third-order valence-corrected chi connectivity index (χ3v) is 5.18. The fourth-order valence-corrected chi connectivity index (χ4v) is 3.32. The monoisotopic (exact) mass is 398 g/mol. The molecule has 144 valence electrons. The molecular formula is C19H18N4O4S. The van der Waals surface area contributed by atoms with Gasteiger partial charge in [0.15, 0.2) is 11.6 Å². The van der Waals surface area contributed by atoms with Gasteiger partial charge in [-0.3, -0.25) is 4.72 Å². The number of rotatable bonds is 6. The van der Waals surface area contributed by atoms with Crippen molar-refractivity contribution in [2.45, 2.75) is 11.8 Å². The normalized spacial score (nSPS) is 10.9. The summed E-state index contributed by atoms with van der Waals surface area (Å²) in [6, 6.07) is 16.2. The quantitative estimate of drug-likeness (QED) is 0.614. The van der Waals surface area contributed by atoms with Gasteiger partial charge in [0.1, 0.15) is 0 Å². The lowest BCUT2D eigenvalue weighted by molar-refractivity contribution is 0.0600. The highest BCUT2D eigenvalue weighted by molar-refractivity contribution is 7.92. The Hall–Kier alpha value is -3.46. The van der Waals surface area contributed by atoms with Crippen molar-refractivity contribution in [2.24, 2.45) is 0 Å². The average Bonchev–Trinajstić information content (AvgIpc) is 2.69. The number of hydrogen-bond donors (Lipinski definition) is 2. The zero-order chi connectivity index (χ0) is 20.1. The standard InChI is InChI=1S/C19H18N4O4S/c1-13-3-9-16(10-4-13)28(25,26)23-18-12-11-17(21-22-18)20-15-7-5-14(6-8-15)19(24)27-2/h3-12H,1-2H3,(H,20,21)(H,22,23). The van der Waals surface area contributed by atoms with E-state index in [1.54, 1.807) is 42.5 Å². The highest BCUT2D eigenvalue weighted by Crippen LogP contribution is 2.18. The van der Waals surface area contributed by atoms with Gasteiger partial charge in [0.05, 0.1) is 17.6 Å². The predicted molar refractivity (Wildman–Crippen MR) is 105 cm³/mol. The van der Waals surface area contributed by atoms with Crippen LogP contribution in [0.4, 0.5) is 17.3 Å². The molecule has 0 bridgehead atoms. The number of nitrogens with zero attached hydrogens (tertiary/aromatic N) is 2. The minimum Gasteiger partial charge on any atom is -0.465 e. The third-order valence-electron chi connectivity index (χ3n) is 3.81. The molecule has 2 aromatic carbocycles. The molecule has 0 amide bonds. The Bertz CT molecular complexity index is 1060. The first-order chi connectivity index (χ1) is 13.4. The number of anilines is 3. The summed E-state index contributed by atoms with van der Waals surface area (Å²) in [4.78, 5) is 11.6. The molecule has 0 saturated carbocycles. The number of aromatic nitrogens is 2. The van der Waals surface area contributed by atoms with Crippen LogP contribution in [0.15, 0.2) is 65.6 Å². The van der Waals surface area contributed by atoms with Gasteiger partial charge in [-0.15, -0.1) is 10.2 Å². The Morgan fingerprint density at radius 2 is 1.50 bits per heavy atom. The van der Waals surface area contributed by atoms with Crippen LogP contribution >= 0.6 is 0 Å². The molecule has 2 N–H and O–H groups in total. The number of carbonyl (C=O) groups is 1. The lowest BCUT2D eigenvalue weighted by Crippen LogP contribution is -2.14. The van der Waals surface area contributed by atoms with E-state index in [-0.39, 0.29) is 10.7 Å². The summed E-state index contributed by atoms with van der Waals surface area (Å²) < 4.78 is 31.8. The molecule has 9 heteroatoms. The summed E-state index contributed by atoms with van der Waals surface area (Å²) in [7, 11) is -2.42. The largest absolute Gasteiger partial charge is 0.465 e. The van der Waals surface area contributed by atoms with Crippen LogP contribution in [0.1, 0.15) is 15.9 Å². The molecule has 0 aliphatic carbocycles. The molecule has 3 aromatic rings. The number of methoxy groups -OCH3 is 1. The fraction of sp³-hybridized carbons (Fsp3) is 0.105. The van der Waals surface area contributed by atoms with E-state index in [0.717, 1.165) is 5.56 Å². The molecule has 8 nitrogen and oxygen atoms in total. The molecule has 0 fully saturated rings. The van der Waals surface area contributed by atoms with Crippen molar-refractivity contribution < 1.29 is 17.9 Å². The maximum absolute atomic E-state index is 12.4.